The molecule has 0 spiro atoms. The van der Waals surface area contributed by atoms with Crippen molar-refractivity contribution in [1.82, 2.24) is 9.80 Å². The van der Waals surface area contributed by atoms with Crippen LogP contribution in [-0.2, 0) is 13.1 Å². The lowest BCUT2D eigenvalue weighted by Gasteiger charge is -2.24. The van der Waals surface area contributed by atoms with Gasteiger partial charge in [0.1, 0.15) is 0 Å². The molecule has 0 unspecified atom stereocenters. The molecule has 2 aromatic carbocycles. The van der Waals surface area contributed by atoms with Gasteiger partial charge in [-0.05, 0) is 37.4 Å². The second-order valence-electron chi connectivity index (χ2n) is 6.00. The summed E-state index contributed by atoms with van der Waals surface area (Å²) in [7, 11) is 4.14. The zero-order chi connectivity index (χ0) is 16.7. The summed E-state index contributed by atoms with van der Waals surface area (Å²) in [5.74, 6) is -0.884. The number of rotatable bonds is 8. The van der Waals surface area contributed by atoms with Crippen molar-refractivity contribution in [3.05, 3.63) is 71.3 Å². The molecule has 4 heteroatoms. The van der Waals surface area contributed by atoms with Gasteiger partial charge in [0.25, 0.3) is 0 Å². The van der Waals surface area contributed by atoms with Crippen LogP contribution < -0.4 is 0 Å². The third-order valence-electron chi connectivity index (χ3n) is 3.72. The van der Waals surface area contributed by atoms with E-state index in [1.54, 1.807) is 12.1 Å². The third kappa shape index (κ3) is 5.85. The van der Waals surface area contributed by atoms with Crippen LogP contribution in [0.5, 0.6) is 0 Å². The molecule has 0 atom stereocenters. The Labute approximate surface area is 138 Å². The average Bonchev–Trinajstić information content (AvgIpc) is 2.54. The normalized spacial score (nSPS) is 11.1. The molecule has 0 aliphatic rings. The Hall–Kier alpha value is -2.17. The van der Waals surface area contributed by atoms with Gasteiger partial charge in [-0.3, -0.25) is 4.90 Å². The summed E-state index contributed by atoms with van der Waals surface area (Å²) >= 11 is 0. The summed E-state index contributed by atoms with van der Waals surface area (Å²) in [6.45, 7) is 3.64. The number of carbonyl (C=O) groups is 1. The highest BCUT2D eigenvalue weighted by atomic mass is 16.4. The van der Waals surface area contributed by atoms with E-state index < -0.39 is 5.97 Å². The maximum absolute atomic E-state index is 10.9. The Bertz CT molecular complexity index is 609. The molecule has 0 aromatic heterocycles. The van der Waals surface area contributed by atoms with E-state index in [-0.39, 0.29) is 0 Å². The minimum absolute atomic E-state index is 0.330. The minimum Gasteiger partial charge on any atom is -0.478 e. The van der Waals surface area contributed by atoms with Crippen molar-refractivity contribution in [2.75, 3.05) is 27.2 Å². The van der Waals surface area contributed by atoms with Gasteiger partial charge in [0.15, 0.2) is 0 Å². The molecule has 4 nitrogen and oxygen atoms in total. The Morgan fingerprint density at radius 3 is 1.96 bits per heavy atom. The van der Waals surface area contributed by atoms with E-state index in [1.807, 2.05) is 18.2 Å². The van der Waals surface area contributed by atoms with Gasteiger partial charge < -0.3 is 10.0 Å². The van der Waals surface area contributed by atoms with Crippen molar-refractivity contribution in [3.63, 3.8) is 0 Å². The molecule has 2 rings (SSSR count). The van der Waals surface area contributed by atoms with Crippen molar-refractivity contribution in [2.45, 2.75) is 13.1 Å². The standard InChI is InChI=1S/C19H24N2O2/c1-20(2)12-13-21(14-16-6-4-3-5-7-16)15-17-8-10-18(11-9-17)19(22)23/h3-11H,12-15H2,1-2H3,(H,22,23). The van der Waals surface area contributed by atoms with Crippen molar-refractivity contribution >= 4 is 5.97 Å². The van der Waals surface area contributed by atoms with Crippen molar-refractivity contribution in [2.24, 2.45) is 0 Å². The van der Waals surface area contributed by atoms with Crippen molar-refractivity contribution in [3.8, 4) is 0 Å². The number of carboxylic acids is 1. The smallest absolute Gasteiger partial charge is 0.335 e. The maximum atomic E-state index is 10.9. The van der Waals surface area contributed by atoms with Gasteiger partial charge in [0.05, 0.1) is 5.56 Å². The predicted molar refractivity (Wildman–Crippen MR) is 92.5 cm³/mol. The molecule has 122 valence electrons. The lowest BCUT2D eigenvalue weighted by atomic mass is 10.1. The fourth-order valence-electron chi connectivity index (χ4n) is 2.41. The van der Waals surface area contributed by atoms with Crippen LogP contribution in [0.2, 0.25) is 0 Å². The topological polar surface area (TPSA) is 43.8 Å². The van der Waals surface area contributed by atoms with Gasteiger partial charge in [0.2, 0.25) is 0 Å². The molecule has 2 aromatic rings. The molecule has 0 saturated heterocycles. The number of likely N-dealkylation sites (N-methyl/N-ethyl adjacent to an activating group) is 1. The van der Waals surface area contributed by atoms with Gasteiger partial charge >= 0.3 is 5.97 Å². The van der Waals surface area contributed by atoms with Crippen LogP contribution in [0.3, 0.4) is 0 Å². The van der Waals surface area contributed by atoms with Gasteiger partial charge in [0, 0.05) is 26.2 Å². The molecule has 0 saturated carbocycles. The van der Waals surface area contributed by atoms with E-state index in [9.17, 15) is 4.79 Å². The van der Waals surface area contributed by atoms with Crippen LogP contribution in [0.4, 0.5) is 0 Å². The molecular weight excluding hydrogens is 288 g/mol. The highest BCUT2D eigenvalue weighted by Crippen LogP contribution is 2.11. The quantitative estimate of drug-likeness (QED) is 0.814. The SMILES string of the molecule is CN(C)CCN(Cc1ccccc1)Cc1ccc(C(=O)O)cc1. The Kier molecular flexibility index (Phi) is 6.32. The highest BCUT2D eigenvalue weighted by Gasteiger charge is 2.09. The van der Waals surface area contributed by atoms with Crippen molar-refractivity contribution in [1.29, 1.82) is 0 Å². The summed E-state index contributed by atoms with van der Waals surface area (Å²) in [4.78, 5) is 15.5. The molecule has 0 radical (unpaired) electrons. The lowest BCUT2D eigenvalue weighted by molar-refractivity contribution is 0.0697. The molecular formula is C19H24N2O2. The van der Waals surface area contributed by atoms with Crippen molar-refractivity contribution < 1.29 is 9.90 Å². The van der Waals surface area contributed by atoms with Crippen LogP contribution in [-0.4, -0.2) is 48.1 Å². The lowest BCUT2D eigenvalue weighted by Crippen LogP contribution is -2.31. The first-order valence-electron chi connectivity index (χ1n) is 7.78. The highest BCUT2D eigenvalue weighted by molar-refractivity contribution is 5.87. The number of carboxylic acid groups (broad SMARTS) is 1. The van der Waals surface area contributed by atoms with Crippen LogP contribution in [0.1, 0.15) is 21.5 Å². The average molecular weight is 312 g/mol. The van der Waals surface area contributed by atoms with Gasteiger partial charge in [-0.2, -0.15) is 0 Å². The van der Waals surface area contributed by atoms with E-state index in [4.69, 9.17) is 5.11 Å². The molecule has 0 amide bonds. The molecule has 0 aliphatic carbocycles. The number of aromatic carboxylic acids is 1. The number of benzene rings is 2. The first-order valence-corrected chi connectivity index (χ1v) is 7.78. The van der Waals surface area contributed by atoms with E-state index in [0.717, 1.165) is 31.7 Å². The second-order valence-corrected chi connectivity index (χ2v) is 6.00. The van der Waals surface area contributed by atoms with E-state index in [2.05, 4.69) is 48.2 Å². The van der Waals surface area contributed by atoms with E-state index in [0.29, 0.717) is 5.56 Å². The first kappa shape index (κ1) is 17.2. The summed E-state index contributed by atoms with van der Waals surface area (Å²) < 4.78 is 0. The second kappa shape index (κ2) is 8.46. The molecule has 0 heterocycles. The van der Waals surface area contributed by atoms with E-state index in [1.165, 1.54) is 5.56 Å². The largest absolute Gasteiger partial charge is 0.478 e. The molecule has 0 fully saturated rings. The third-order valence-corrected chi connectivity index (χ3v) is 3.72. The number of hydrogen-bond donors (Lipinski definition) is 1. The fraction of sp³-hybridized carbons (Fsp3) is 0.316. The van der Waals surface area contributed by atoms with Gasteiger partial charge in [-0.1, -0.05) is 42.5 Å². The zero-order valence-electron chi connectivity index (χ0n) is 13.8. The van der Waals surface area contributed by atoms with Crippen LogP contribution in [0.15, 0.2) is 54.6 Å². The summed E-state index contributed by atoms with van der Waals surface area (Å²) in [6, 6.07) is 17.6. The van der Waals surface area contributed by atoms with Gasteiger partial charge in [-0.15, -0.1) is 0 Å². The first-order chi connectivity index (χ1) is 11.0. The summed E-state index contributed by atoms with van der Waals surface area (Å²) in [5.41, 5.74) is 2.75. The van der Waals surface area contributed by atoms with Crippen LogP contribution in [0.25, 0.3) is 0 Å². The Balaban J connectivity index is 2.05. The predicted octanol–water partition coefficient (Wildman–Crippen LogP) is 2.95. The monoisotopic (exact) mass is 312 g/mol. The number of hydrogen-bond acceptors (Lipinski definition) is 3. The van der Waals surface area contributed by atoms with Crippen LogP contribution >= 0.6 is 0 Å². The minimum atomic E-state index is -0.884. The zero-order valence-corrected chi connectivity index (χ0v) is 13.8. The number of nitrogens with zero attached hydrogens (tertiary/aromatic N) is 2. The molecule has 1 N–H and O–H groups in total. The summed E-state index contributed by atoms with van der Waals surface area (Å²) in [6.07, 6.45) is 0. The Morgan fingerprint density at radius 1 is 0.870 bits per heavy atom. The van der Waals surface area contributed by atoms with E-state index >= 15 is 0 Å². The summed E-state index contributed by atoms with van der Waals surface area (Å²) in [5, 5.41) is 8.98. The molecule has 0 bridgehead atoms. The maximum Gasteiger partial charge on any atom is 0.335 e. The Morgan fingerprint density at radius 2 is 1.43 bits per heavy atom. The van der Waals surface area contributed by atoms with Crippen LogP contribution in [0, 0.1) is 0 Å². The molecule has 23 heavy (non-hydrogen) atoms. The van der Waals surface area contributed by atoms with Gasteiger partial charge in [-0.25, -0.2) is 4.79 Å². The molecule has 0 aliphatic heterocycles. The fourth-order valence-corrected chi connectivity index (χ4v) is 2.41.